The highest BCUT2D eigenvalue weighted by atomic mass is 16.7. The Morgan fingerprint density at radius 2 is 0.845 bits per heavy atom. The number of esters is 2. The van der Waals surface area contributed by atoms with Crippen LogP contribution in [0, 0.1) is 0 Å². The maximum absolute atomic E-state index is 13.0. The predicted octanol–water partition coefficient (Wildman–Crippen LogP) is 8.66. The lowest BCUT2D eigenvalue weighted by Gasteiger charge is -2.42. The molecule has 2 fully saturated rings. The van der Waals surface area contributed by atoms with Crippen molar-refractivity contribution < 1.29 is 73.8 Å². The van der Waals surface area contributed by atoms with Crippen molar-refractivity contribution in [3.63, 3.8) is 0 Å². The third-order valence-electron chi connectivity index (χ3n) is 13.0. The van der Waals surface area contributed by atoms with Gasteiger partial charge in [0.25, 0.3) is 0 Å². The van der Waals surface area contributed by atoms with Crippen LogP contribution in [-0.2, 0) is 38.0 Å². The Morgan fingerprint density at radius 1 is 0.451 bits per heavy atom. The van der Waals surface area contributed by atoms with E-state index in [1.54, 1.807) is 0 Å². The van der Waals surface area contributed by atoms with Crippen LogP contribution in [0.2, 0.25) is 0 Å². The number of hydrogen-bond acceptors (Lipinski definition) is 15. The molecule has 15 heteroatoms. The van der Waals surface area contributed by atoms with Gasteiger partial charge in [0.1, 0.15) is 55.4 Å². The molecule has 15 nitrogen and oxygen atoms in total. The van der Waals surface area contributed by atoms with Crippen molar-refractivity contribution in [2.24, 2.45) is 0 Å². The first kappa shape index (κ1) is 64.6. The van der Waals surface area contributed by atoms with Gasteiger partial charge in [0, 0.05) is 12.8 Å². The van der Waals surface area contributed by atoms with Crippen LogP contribution in [0.1, 0.15) is 200 Å². The van der Waals surface area contributed by atoms with Gasteiger partial charge in [-0.25, -0.2) is 0 Å². The molecule has 0 spiro atoms. The van der Waals surface area contributed by atoms with Gasteiger partial charge in [-0.15, -0.1) is 0 Å². The first-order valence-electron chi connectivity index (χ1n) is 27.7. The molecule has 0 radical (unpaired) electrons. The SMILES string of the molecule is CCCCC/C=C\C/C=C\C/C=C\CCCCCCCCC(=O)OC(COC(=O)CCCCCCC/C=C\CCCCCCCCC)COC1OC(COC2OC(CO)C(O)C(O)C2O)C(O)C(O)C1O. The molecule has 2 aliphatic rings. The standard InChI is InChI=1S/C56H98O15/c1-3-5-7-9-11-13-15-17-19-21-22-23-25-27-29-31-33-35-37-39-48(59)69-44(41-66-47(58)38-36-34-32-30-28-26-24-20-18-16-14-12-10-8-6-4-2)42-67-55-54(65)52(63)50(61)46(71-55)43-68-56-53(64)51(62)49(60)45(40-57)70-56/h11,13,17,19-20,22-24,44-46,49-57,60-65H,3-10,12,14-16,18,21,25-43H2,1-2H3/b13-11-,19-17-,23-22-,24-20-. The van der Waals surface area contributed by atoms with Crippen molar-refractivity contribution in [2.75, 3.05) is 26.4 Å². The van der Waals surface area contributed by atoms with E-state index in [1.165, 1.54) is 70.6 Å². The molecule has 2 saturated heterocycles. The Balaban J connectivity index is 1.79. The second-order valence-corrected chi connectivity index (χ2v) is 19.4. The quantitative estimate of drug-likeness (QED) is 0.0172. The molecule has 412 valence electrons. The summed E-state index contributed by atoms with van der Waals surface area (Å²) in [5.41, 5.74) is 0. The molecule has 11 unspecified atom stereocenters. The number of ether oxygens (including phenoxy) is 6. The molecule has 0 amide bonds. The molecule has 0 bridgehead atoms. The minimum absolute atomic E-state index is 0.148. The lowest BCUT2D eigenvalue weighted by molar-refractivity contribution is -0.332. The zero-order valence-corrected chi connectivity index (χ0v) is 43.7. The maximum atomic E-state index is 13.0. The van der Waals surface area contributed by atoms with Crippen molar-refractivity contribution in [1.29, 1.82) is 0 Å². The molecule has 2 heterocycles. The number of unbranched alkanes of at least 4 members (excludes halogenated alkanes) is 21. The smallest absolute Gasteiger partial charge is 0.306 e. The van der Waals surface area contributed by atoms with Crippen LogP contribution in [-0.4, -0.2) is 142 Å². The van der Waals surface area contributed by atoms with Crippen molar-refractivity contribution >= 4 is 11.9 Å². The lowest BCUT2D eigenvalue weighted by atomic mass is 9.98. The summed E-state index contributed by atoms with van der Waals surface area (Å²) < 4.78 is 33.6. The van der Waals surface area contributed by atoms with Gasteiger partial charge in [0.2, 0.25) is 0 Å². The Bertz CT molecular complexity index is 1420. The Hall–Kier alpha value is -2.54. The van der Waals surface area contributed by atoms with E-state index in [0.717, 1.165) is 89.9 Å². The number of allylic oxidation sites excluding steroid dienone is 8. The fraction of sp³-hybridized carbons (Fsp3) is 0.821. The van der Waals surface area contributed by atoms with E-state index in [1.807, 2.05) is 0 Å². The summed E-state index contributed by atoms with van der Waals surface area (Å²) in [4.78, 5) is 25.8. The molecule has 7 N–H and O–H groups in total. The predicted molar refractivity (Wildman–Crippen MR) is 275 cm³/mol. The first-order chi connectivity index (χ1) is 34.5. The van der Waals surface area contributed by atoms with Crippen molar-refractivity contribution in [2.45, 2.75) is 268 Å². The molecule has 0 saturated carbocycles. The Kier molecular flexibility index (Phi) is 38.9. The van der Waals surface area contributed by atoms with E-state index in [9.17, 15) is 45.3 Å². The van der Waals surface area contributed by atoms with Crippen molar-refractivity contribution in [3.8, 4) is 0 Å². The lowest BCUT2D eigenvalue weighted by Crippen LogP contribution is -2.61. The van der Waals surface area contributed by atoms with E-state index in [4.69, 9.17) is 28.4 Å². The van der Waals surface area contributed by atoms with E-state index in [0.29, 0.717) is 12.8 Å². The van der Waals surface area contributed by atoms with Gasteiger partial charge in [-0.05, 0) is 77.0 Å². The van der Waals surface area contributed by atoms with Crippen LogP contribution >= 0.6 is 0 Å². The highest BCUT2D eigenvalue weighted by Crippen LogP contribution is 2.26. The van der Waals surface area contributed by atoms with E-state index < -0.39 is 99.3 Å². The highest BCUT2D eigenvalue weighted by molar-refractivity contribution is 5.70. The first-order valence-corrected chi connectivity index (χ1v) is 27.7. The zero-order chi connectivity index (χ0) is 51.7. The van der Waals surface area contributed by atoms with Gasteiger partial charge in [-0.2, -0.15) is 0 Å². The minimum atomic E-state index is -1.77. The molecule has 2 aliphatic heterocycles. The summed E-state index contributed by atoms with van der Waals surface area (Å²) in [6, 6.07) is 0. The molecule has 0 aromatic rings. The van der Waals surface area contributed by atoms with Gasteiger partial charge in [0.15, 0.2) is 18.7 Å². The summed E-state index contributed by atoms with van der Waals surface area (Å²) in [7, 11) is 0. The molecule has 0 aliphatic carbocycles. The van der Waals surface area contributed by atoms with Gasteiger partial charge >= 0.3 is 11.9 Å². The molecule has 0 aromatic heterocycles. The van der Waals surface area contributed by atoms with Crippen molar-refractivity contribution in [3.05, 3.63) is 48.6 Å². The van der Waals surface area contributed by atoms with Gasteiger partial charge in [0.05, 0.1) is 19.8 Å². The van der Waals surface area contributed by atoms with E-state index in [2.05, 4.69) is 62.5 Å². The van der Waals surface area contributed by atoms with Crippen LogP contribution in [0.5, 0.6) is 0 Å². The maximum Gasteiger partial charge on any atom is 0.306 e. The van der Waals surface area contributed by atoms with E-state index >= 15 is 0 Å². The number of carbonyl (C=O) groups is 2. The normalized spacial score (nSPS) is 25.5. The zero-order valence-electron chi connectivity index (χ0n) is 43.7. The topological polar surface area (TPSA) is 231 Å². The second kappa shape index (κ2) is 42.8. The molecule has 11 atom stereocenters. The molecular formula is C56H98O15. The second-order valence-electron chi connectivity index (χ2n) is 19.4. The summed E-state index contributed by atoms with van der Waals surface area (Å²) >= 11 is 0. The largest absolute Gasteiger partial charge is 0.462 e. The van der Waals surface area contributed by atoms with Crippen LogP contribution in [0.4, 0.5) is 0 Å². The summed E-state index contributed by atoms with van der Waals surface area (Å²) in [5, 5.41) is 72.2. The summed E-state index contributed by atoms with van der Waals surface area (Å²) in [5.74, 6) is -0.947. The minimum Gasteiger partial charge on any atom is -0.462 e. The molecule has 2 rings (SSSR count). The number of hydrogen-bond donors (Lipinski definition) is 7. The number of aliphatic hydroxyl groups excluding tert-OH is 7. The third kappa shape index (κ3) is 30.4. The average Bonchev–Trinajstić information content (AvgIpc) is 3.36. The molecule has 71 heavy (non-hydrogen) atoms. The molecular weight excluding hydrogens is 913 g/mol. The fourth-order valence-corrected chi connectivity index (χ4v) is 8.45. The number of rotatable bonds is 43. The van der Waals surface area contributed by atoms with Crippen LogP contribution in [0.15, 0.2) is 48.6 Å². The Labute approximate surface area is 427 Å². The van der Waals surface area contributed by atoms with E-state index in [-0.39, 0.29) is 19.4 Å². The van der Waals surface area contributed by atoms with Gasteiger partial charge < -0.3 is 64.2 Å². The van der Waals surface area contributed by atoms with Gasteiger partial charge in [-0.1, -0.05) is 159 Å². The Morgan fingerprint density at radius 3 is 1.37 bits per heavy atom. The summed E-state index contributed by atoms with van der Waals surface area (Å²) in [6.07, 6.45) is 31.2. The fourth-order valence-electron chi connectivity index (χ4n) is 8.45. The monoisotopic (exact) mass is 1010 g/mol. The van der Waals surface area contributed by atoms with Gasteiger partial charge in [-0.3, -0.25) is 9.59 Å². The van der Waals surface area contributed by atoms with Crippen LogP contribution in [0.3, 0.4) is 0 Å². The number of aliphatic hydroxyl groups is 7. The molecule has 0 aromatic carbocycles. The third-order valence-corrected chi connectivity index (χ3v) is 13.0. The van der Waals surface area contributed by atoms with Crippen LogP contribution in [0.25, 0.3) is 0 Å². The van der Waals surface area contributed by atoms with Crippen LogP contribution < -0.4 is 0 Å². The summed E-state index contributed by atoms with van der Waals surface area (Å²) in [6.45, 7) is 2.55. The highest BCUT2D eigenvalue weighted by Gasteiger charge is 2.47. The number of carbonyl (C=O) groups excluding carboxylic acids is 2. The van der Waals surface area contributed by atoms with Crippen molar-refractivity contribution in [1.82, 2.24) is 0 Å². The average molecular weight is 1010 g/mol.